The zero-order chi connectivity index (χ0) is 14.3. The lowest BCUT2D eigenvalue weighted by molar-refractivity contribution is -0.146. The number of nitrogens with zero attached hydrogens (tertiary/aromatic N) is 1. The minimum atomic E-state index is -4.17. The molecule has 0 atom stereocenters. The molecule has 0 aliphatic rings. The lowest BCUT2D eigenvalue weighted by Crippen LogP contribution is -2.35. The van der Waals surface area contributed by atoms with Crippen molar-refractivity contribution >= 4 is 17.1 Å². The van der Waals surface area contributed by atoms with E-state index in [9.17, 15) is 18.0 Å². The lowest BCUT2D eigenvalue weighted by Gasteiger charge is -2.22. The second kappa shape index (κ2) is 7.65. The highest BCUT2D eigenvalue weighted by Gasteiger charge is 2.30. The third-order valence-electron chi connectivity index (χ3n) is 2.62. The van der Waals surface area contributed by atoms with E-state index >= 15 is 0 Å². The Kier molecular flexibility index (Phi) is 6.51. The predicted octanol–water partition coefficient (Wildman–Crippen LogP) is 3.99. The number of carbonyl (C=O) groups is 1. The topological polar surface area (TPSA) is 20.3 Å². The minimum Gasteiger partial charge on any atom is -0.295 e. The Morgan fingerprint density at radius 2 is 2.11 bits per heavy atom. The molecule has 19 heavy (non-hydrogen) atoms. The summed E-state index contributed by atoms with van der Waals surface area (Å²) in [7, 11) is 0. The molecule has 0 saturated heterocycles. The Morgan fingerprint density at radius 3 is 2.63 bits per heavy atom. The Bertz CT molecular complexity index is 376. The van der Waals surface area contributed by atoms with Crippen LogP contribution in [0.3, 0.4) is 0 Å². The van der Waals surface area contributed by atoms with Crippen LogP contribution in [0.4, 0.5) is 13.2 Å². The predicted molar refractivity (Wildman–Crippen MR) is 70.7 cm³/mol. The summed E-state index contributed by atoms with van der Waals surface area (Å²) in [5, 5.41) is 1.82. The molecule has 0 bridgehead atoms. The number of halogens is 3. The van der Waals surface area contributed by atoms with Crippen molar-refractivity contribution in [2.75, 3.05) is 19.6 Å². The van der Waals surface area contributed by atoms with Crippen LogP contribution in [0, 0.1) is 0 Å². The maximum absolute atomic E-state index is 12.3. The molecule has 0 aliphatic heterocycles. The van der Waals surface area contributed by atoms with Gasteiger partial charge in [-0.15, -0.1) is 11.3 Å². The van der Waals surface area contributed by atoms with Gasteiger partial charge in [-0.1, -0.05) is 13.0 Å². The van der Waals surface area contributed by atoms with E-state index in [1.165, 1.54) is 16.2 Å². The lowest BCUT2D eigenvalue weighted by atomic mass is 10.2. The van der Waals surface area contributed by atoms with Crippen LogP contribution >= 0.6 is 11.3 Å². The fourth-order valence-corrected chi connectivity index (χ4v) is 2.56. The number of ketones is 1. The summed E-state index contributed by atoms with van der Waals surface area (Å²) in [5.41, 5.74) is 0. The van der Waals surface area contributed by atoms with Crippen LogP contribution in [0.1, 0.15) is 35.9 Å². The van der Waals surface area contributed by atoms with Crippen LogP contribution in [0.5, 0.6) is 0 Å². The second-order valence-electron chi connectivity index (χ2n) is 4.40. The summed E-state index contributed by atoms with van der Waals surface area (Å²) < 4.78 is 37.0. The molecule has 1 aromatic heterocycles. The van der Waals surface area contributed by atoms with Gasteiger partial charge in [0.15, 0.2) is 5.78 Å². The smallest absolute Gasteiger partial charge is 0.295 e. The molecule has 0 aromatic carbocycles. The largest absolute Gasteiger partial charge is 0.401 e. The molecule has 108 valence electrons. The van der Waals surface area contributed by atoms with Crippen LogP contribution in [0.2, 0.25) is 0 Å². The molecule has 0 unspecified atom stereocenters. The summed E-state index contributed by atoms with van der Waals surface area (Å²) in [5.74, 6) is 0.0125. The van der Waals surface area contributed by atoms with Gasteiger partial charge in [-0.2, -0.15) is 13.2 Å². The number of thiophene rings is 1. The molecule has 0 aliphatic carbocycles. The van der Waals surface area contributed by atoms with Gasteiger partial charge >= 0.3 is 6.18 Å². The zero-order valence-electron chi connectivity index (χ0n) is 10.9. The molecule has 0 saturated carbocycles. The van der Waals surface area contributed by atoms with E-state index in [0.717, 1.165) is 0 Å². The number of hydrogen-bond donors (Lipinski definition) is 0. The van der Waals surface area contributed by atoms with E-state index in [1.54, 1.807) is 12.1 Å². The van der Waals surface area contributed by atoms with E-state index in [2.05, 4.69) is 0 Å². The highest BCUT2D eigenvalue weighted by Crippen LogP contribution is 2.17. The Hall–Kier alpha value is -0.880. The average Bonchev–Trinajstić information content (AvgIpc) is 2.80. The van der Waals surface area contributed by atoms with Gasteiger partial charge < -0.3 is 0 Å². The zero-order valence-corrected chi connectivity index (χ0v) is 11.7. The quantitative estimate of drug-likeness (QED) is 0.676. The monoisotopic (exact) mass is 293 g/mol. The van der Waals surface area contributed by atoms with Gasteiger partial charge in [-0.25, -0.2) is 0 Å². The second-order valence-corrected chi connectivity index (χ2v) is 5.34. The number of hydrogen-bond acceptors (Lipinski definition) is 3. The Morgan fingerprint density at radius 1 is 1.37 bits per heavy atom. The fraction of sp³-hybridized carbons (Fsp3) is 0.615. The van der Waals surface area contributed by atoms with Crippen molar-refractivity contribution < 1.29 is 18.0 Å². The van der Waals surface area contributed by atoms with Gasteiger partial charge in [0, 0.05) is 6.42 Å². The van der Waals surface area contributed by atoms with Crippen LogP contribution in [-0.4, -0.2) is 36.5 Å². The molecule has 0 N–H and O–H groups in total. The maximum Gasteiger partial charge on any atom is 0.401 e. The SMILES string of the molecule is CCCN(CCCC(=O)c1cccs1)CC(F)(F)F. The van der Waals surface area contributed by atoms with Crippen molar-refractivity contribution in [2.45, 2.75) is 32.4 Å². The first-order valence-electron chi connectivity index (χ1n) is 6.28. The standard InChI is InChI=1S/C13H18F3NOS/c1-2-7-17(10-13(14,15)16)8-3-5-11(18)12-6-4-9-19-12/h4,6,9H,2-3,5,7-8,10H2,1H3. The van der Waals surface area contributed by atoms with E-state index in [1.807, 2.05) is 12.3 Å². The molecule has 0 spiro atoms. The number of Topliss-reactive ketones (excluding diaryl/α,β-unsaturated/α-hetero) is 1. The van der Waals surface area contributed by atoms with Gasteiger partial charge in [0.1, 0.15) is 0 Å². The van der Waals surface area contributed by atoms with E-state index in [4.69, 9.17) is 0 Å². The van der Waals surface area contributed by atoms with Crippen molar-refractivity contribution in [2.24, 2.45) is 0 Å². The van der Waals surface area contributed by atoms with Crippen molar-refractivity contribution in [3.8, 4) is 0 Å². The number of rotatable bonds is 8. The molecule has 1 rings (SSSR count). The molecule has 0 radical (unpaired) electrons. The highest BCUT2D eigenvalue weighted by molar-refractivity contribution is 7.12. The summed E-state index contributed by atoms with van der Waals surface area (Å²) >= 11 is 1.37. The normalized spacial score (nSPS) is 12.1. The molecule has 0 fully saturated rings. The van der Waals surface area contributed by atoms with Gasteiger partial charge in [0.05, 0.1) is 11.4 Å². The summed E-state index contributed by atoms with van der Waals surface area (Å²) in [4.78, 5) is 13.7. The van der Waals surface area contributed by atoms with E-state index in [-0.39, 0.29) is 5.78 Å². The summed E-state index contributed by atoms with van der Waals surface area (Å²) in [6.07, 6.45) is -2.73. The van der Waals surface area contributed by atoms with Crippen LogP contribution < -0.4 is 0 Å². The highest BCUT2D eigenvalue weighted by atomic mass is 32.1. The van der Waals surface area contributed by atoms with Gasteiger partial charge in [-0.05, 0) is 37.4 Å². The fourth-order valence-electron chi connectivity index (χ4n) is 1.86. The molecule has 1 heterocycles. The van der Waals surface area contributed by atoms with Gasteiger partial charge in [0.2, 0.25) is 0 Å². The van der Waals surface area contributed by atoms with Crippen LogP contribution in [-0.2, 0) is 0 Å². The van der Waals surface area contributed by atoms with Crippen molar-refractivity contribution in [1.82, 2.24) is 4.90 Å². The first-order chi connectivity index (χ1) is 8.92. The summed E-state index contributed by atoms with van der Waals surface area (Å²) in [6.45, 7) is 1.67. The van der Waals surface area contributed by atoms with Crippen LogP contribution in [0.15, 0.2) is 17.5 Å². The molecular weight excluding hydrogens is 275 g/mol. The maximum atomic E-state index is 12.3. The molecule has 1 aromatic rings. The summed E-state index contributed by atoms with van der Waals surface area (Å²) in [6, 6.07) is 3.54. The Balaban J connectivity index is 2.34. The molecular formula is C13H18F3NOS. The molecule has 0 amide bonds. The van der Waals surface area contributed by atoms with E-state index < -0.39 is 12.7 Å². The number of alkyl halides is 3. The molecule has 6 heteroatoms. The average molecular weight is 293 g/mol. The van der Waals surface area contributed by atoms with Crippen molar-refractivity contribution in [1.29, 1.82) is 0 Å². The van der Waals surface area contributed by atoms with Crippen LogP contribution in [0.25, 0.3) is 0 Å². The van der Waals surface area contributed by atoms with Gasteiger partial charge in [-0.3, -0.25) is 9.69 Å². The molecule has 2 nitrogen and oxygen atoms in total. The minimum absolute atomic E-state index is 0.0125. The third kappa shape index (κ3) is 6.73. The first kappa shape index (κ1) is 16.2. The van der Waals surface area contributed by atoms with E-state index in [0.29, 0.717) is 37.2 Å². The Labute approximate surface area is 115 Å². The van der Waals surface area contributed by atoms with Crippen molar-refractivity contribution in [3.63, 3.8) is 0 Å². The number of carbonyl (C=O) groups excluding carboxylic acids is 1. The third-order valence-corrected chi connectivity index (χ3v) is 3.53. The van der Waals surface area contributed by atoms with Crippen molar-refractivity contribution in [3.05, 3.63) is 22.4 Å². The van der Waals surface area contributed by atoms with Gasteiger partial charge in [0.25, 0.3) is 0 Å². The first-order valence-corrected chi connectivity index (χ1v) is 7.16.